The molecule has 1 N–H and O–H groups in total. The second kappa shape index (κ2) is 8.12. The molecule has 0 aromatic carbocycles. The Bertz CT molecular complexity index is 147. The van der Waals surface area contributed by atoms with E-state index in [1.54, 1.807) is 0 Å². The Labute approximate surface area is 96.4 Å². The Hall–Kier alpha value is -0.0800. The quantitative estimate of drug-likeness (QED) is 0.668. The lowest BCUT2D eigenvalue weighted by molar-refractivity contribution is 0.226. The highest BCUT2D eigenvalue weighted by atomic mass is 15.1. The predicted octanol–water partition coefficient (Wildman–Crippen LogP) is 2.60. The van der Waals surface area contributed by atoms with Gasteiger partial charge in [-0.2, -0.15) is 0 Å². The summed E-state index contributed by atoms with van der Waals surface area (Å²) in [6.07, 6.45) is 2.53. The zero-order chi connectivity index (χ0) is 11.8. The lowest BCUT2D eigenvalue weighted by Crippen LogP contribution is -2.43. The summed E-state index contributed by atoms with van der Waals surface area (Å²) in [5.74, 6) is 1.57. The first kappa shape index (κ1) is 14.9. The molecule has 2 nitrogen and oxygen atoms in total. The van der Waals surface area contributed by atoms with E-state index in [2.05, 4.69) is 52.0 Å². The number of hydrogen-bond acceptors (Lipinski definition) is 2. The lowest BCUT2D eigenvalue weighted by Gasteiger charge is -2.29. The van der Waals surface area contributed by atoms with E-state index in [0.29, 0.717) is 6.04 Å². The number of rotatable bonds is 8. The topological polar surface area (TPSA) is 15.3 Å². The van der Waals surface area contributed by atoms with Crippen molar-refractivity contribution in [2.75, 3.05) is 27.2 Å². The Morgan fingerprint density at radius 3 is 2.07 bits per heavy atom. The van der Waals surface area contributed by atoms with Gasteiger partial charge in [0.25, 0.3) is 0 Å². The fourth-order valence-electron chi connectivity index (χ4n) is 1.91. The molecule has 0 bridgehead atoms. The molecule has 0 saturated carbocycles. The number of likely N-dealkylation sites (N-methyl/N-ethyl adjacent to an activating group) is 2. The van der Waals surface area contributed by atoms with E-state index in [0.717, 1.165) is 18.4 Å². The fraction of sp³-hybridized carbons (Fsp3) is 1.00. The minimum absolute atomic E-state index is 0.629. The molecular weight excluding hydrogens is 184 g/mol. The van der Waals surface area contributed by atoms with Crippen molar-refractivity contribution in [1.82, 2.24) is 10.2 Å². The van der Waals surface area contributed by atoms with Crippen LogP contribution in [0.5, 0.6) is 0 Å². The van der Waals surface area contributed by atoms with Gasteiger partial charge in [0.1, 0.15) is 0 Å². The Kier molecular flexibility index (Phi) is 8.07. The minimum atomic E-state index is 0.629. The van der Waals surface area contributed by atoms with Gasteiger partial charge >= 0.3 is 0 Å². The normalized spacial score (nSPS) is 17.8. The number of nitrogens with zero attached hydrogens (tertiary/aromatic N) is 1. The molecular formula is C13H30N2. The van der Waals surface area contributed by atoms with Crippen LogP contribution >= 0.6 is 0 Å². The van der Waals surface area contributed by atoms with E-state index in [1.165, 1.54) is 19.4 Å². The van der Waals surface area contributed by atoms with Crippen molar-refractivity contribution in [3.8, 4) is 0 Å². The zero-order valence-corrected chi connectivity index (χ0v) is 11.5. The molecule has 0 spiro atoms. The summed E-state index contributed by atoms with van der Waals surface area (Å²) in [4.78, 5) is 2.46. The molecule has 0 aliphatic carbocycles. The molecule has 2 heteroatoms. The van der Waals surface area contributed by atoms with Gasteiger partial charge in [0.2, 0.25) is 0 Å². The summed E-state index contributed by atoms with van der Waals surface area (Å²) < 4.78 is 0. The molecule has 0 aliphatic heterocycles. The van der Waals surface area contributed by atoms with E-state index in [9.17, 15) is 0 Å². The molecule has 0 saturated heterocycles. The maximum absolute atomic E-state index is 3.43. The van der Waals surface area contributed by atoms with Crippen molar-refractivity contribution in [3.63, 3.8) is 0 Å². The summed E-state index contributed by atoms with van der Waals surface area (Å²) in [6.45, 7) is 11.6. The predicted molar refractivity (Wildman–Crippen MR) is 69.3 cm³/mol. The molecule has 0 amide bonds. The van der Waals surface area contributed by atoms with Gasteiger partial charge in [0, 0.05) is 19.1 Å². The summed E-state index contributed by atoms with van der Waals surface area (Å²) in [6, 6.07) is 0.629. The first-order valence-electron chi connectivity index (χ1n) is 6.40. The smallest absolute Gasteiger partial charge is 0.0217 e. The molecule has 0 radical (unpaired) electrons. The summed E-state index contributed by atoms with van der Waals surface area (Å²) in [7, 11) is 4.31. The van der Waals surface area contributed by atoms with Crippen molar-refractivity contribution in [2.24, 2.45) is 11.8 Å². The van der Waals surface area contributed by atoms with Crippen LogP contribution in [-0.2, 0) is 0 Å². The molecule has 0 rings (SSSR count). The van der Waals surface area contributed by atoms with Gasteiger partial charge in [0.15, 0.2) is 0 Å². The standard InChI is InChI=1S/C13H30N2/c1-7-11(3)9-15(6)10-13(14-5)12(4)8-2/h11-14H,7-10H2,1-6H3. The Morgan fingerprint density at radius 1 is 1.07 bits per heavy atom. The van der Waals surface area contributed by atoms with E-state index in [-0.39, 0.29) is 0 Å². The van der Waals surface area contributed by atoms with E-state index in [4.69, 9.17) is 0 Å². The van der Waals surface area contributed by atoms with Crippen LogP contribution in [0.1, 0.15) is 40.5 Å². The van der Waals surface area contributed by atoms with Crippen LogP contribution in [0.4, 0.5) is 0 Å². The van der Waals surface area contributed by atoms with Crippen molar-refractivity contribution in [3.05, 3.63) is 0 Å². The van der Waals surface area contributed by atoms with Gasteiger partial charge < -0.3 is 10.2 Å². The first-order valence-corrected chi connectivity index (χ1v) is 6.40. The summed E-state index contributed by atoms with van der Waals surface area (Å²) in [5, 5.41) is 3.43. The minimum Gasteiger partial charge on any atom is -0.315 e. The van der Waals surface area contributed by atoms with E-state index in [1.807, 2.05) is 0 Å². The average molecular weight is 214 g/mol. The van der Waals surface area contributed by atoms with Crippen LogP contribution in [0.3, 0.4) is 0 Å². The Balaban J connectivity index is 3.95. The first-order chi connectivity index (χ1) is 7.04. The van der Waals surface area contributed by atoms with Crippen LogP contribution in [0, 0.1) is 11.8 Å². The molecule has 15 heavy (non-hydrogen) atoms. The molecule has 3 atom stereocenters. The van der Waals surface area contributed by atoms with Gasteiger partial charge in [-0.15, -0.1) is 0 Å². The Morgan fingerprint density at radius 2 is 1.67 bits per heavy atom. The van der Waals surface area contributed by atoms with Gasteiger partial charge in [0.05, 0.1) is 0 Å². The third-order valence-corrected chi connectivity index (χ3v) is 3.53. The van der Waals surface area contributed by atoms with Gasteiger partial charge in [-0.25, -0.2) is 0 Å². The van der Waals surface area contributed by atoms with Crippen LogP contribution in [0.25, 0.3) is 0 Å². The highest BCUT2D eigenvalue weighted by Gasteiger charge is 2.16. The number of hydrogen-bond donors (Lipinski definition) is 1. The highest BCUT2D eigenvalue weighted by Crippen LogP contribution is 2.10. The van der Waals surface area contributed by atoms with E-state index >= 15 is 0 Å². The molecule has 0 aliphatic rings. The second-order valence-electron chi connectivity index (χ2n) is 5.02. The van der Waals surface area contributed by atoms with E-state index < -0.39 is 0 Å². The third kappa shape index (κ3) is 6.16. The monoisotopic (exact) mass is 214 g/mol. The van der Waals surface area contributed by atoms with Crippen molar-refractivity contribution < 1.29 is 0 Å². The highest BCUT2D eigenvalue weighted by molar-refractivity contribution is 4.74. The van der Waals surface area contributed by atoms with Gasteiger partial charge in [-0.1, -0.05) is 40.5 Å². The average Bonchev–Trinajstić information content (AvgIpc) is 2.24. The molecule has 3 unspecified atom stereocenters. The largest absolute Gasteiger partial charge is 0.315 e. The summed E-state index contributed by atoms with van der Waals surface area (Å²) in [5.41, 5.74) is 0. The maximum atomic E-state index is 3.43. The summed E-state index contributed by atoms with van der Waals surface area (Å²) >= 11 is 0. The molecule has 0 aromatic heterocycles. The van der Waals surface area contributed by atoms with Crippen LogP contribution < -0.4 is 5.32 Å². The van der Waals surface area contributed by atoms with Crippen LogP contribution in [-0.4, -0.2) is 38.1 Å². The van der Waals surface area contributed by atoms with Crippen LogP contribution in [0.2, 0.25) is 0 Å². The lowest BCUT2D eigenvalue weighted by atomic mass is 9.98. The number of nitrogens with one attached hydrogen (secondary N) is 1. The maximum Gasteiger partial charge on any atom is 0.0217 e. The van der Waals surface area contributed by atoms with Crippen molar-refractivity contribution in [2.45, 2.75) is 46.6 Å². The molecule has 0 aromatic rings. The molecule has 0 fully saturated rings. The van der Waals surface area contributed by atoms with Gasteiger partial charge in [-0.05, 0) is 25.9 Å². The molecule has 0 heterocycles. The van der Waals surface area contributed by atoms with Crippen molar-refractivity contribution in [1.29, 1.82) is 0 Å². The second-order valence-corrected chi connectivity index (χ2v) is 5.02. The SMILES string of the molecule is CCC(C)CN(C)CC(NC)C(C)CC. The van der Waals surface area contributed by atoms with Gasteiger partial charge in [-0.3, -0.25) is 0 Å². The third-order valence-electron chi connectivity index (χ3n) is 3.53. The fourth-order valence-corrected chi connectivity index (χ4v) is 1.91. The van der Waals surface area contributed by atoms with Crippen LogP contribution in [0.15, 0.2) is 0 Å². The zero-order valence-electron chi connectivity index (χ0n) is 11.5. The molecule has 92 valence electrons. The van der Waals surface area contributed by atoms with Crippen molar-refractivity contribution >= 4 is 0 Å².